The maximum atomic E-state index is 13.0. The topological polar surface area (TPSA) is 104 Å². The third kappa shape index (κ3) is 2.60. The van der Waals surface area contributed by atoms with Crippen molar-refractivity contribution in [1.29, 1.82) is 0 Å². The summed E-state index contributed by atoms with van der Waals surface area (Å²) in [4.78, 5) is 11.6. The number of rotatable bonds is 2. The van der Waals surface area contributed by atoms with E-state index in [0.29, 0.717) is 11.3 Å². The lowest BCUT2D eigenvalue weighted by Gasteiger charge is -2.11. The molecule has 0 aliphatic rings. The number of terminal acetylenes is 1. The van der Waals surface area contributed by atoms with Gasteiger partial charge in [-0.15, -0.1) is 6.42 Å². The van der Waals surface area contributed by atoms with Gasteiger partial charge in [-0.1, -0.05) is 5.92 Å². The molecule has 122 valence electrons. The summed E-state index contributed by atoms with van der Waals surface area (Å²) in [6, 6.07) is 0. The number of aromatic nitrogens is 5. The molecule has 0 aliphatic heterocycles. The van der Waals surface area contributed by atoms with Crippen LogP contribution in [-0.4, -0.2) is 25.3 Å². The van der Waals surface area contributed by atoms with Crippen LogP contribution < -0.4 is 5.73 Å². The van der Waals surface area contributed by atoms with Gasteiger partial charge in [0, 0.05) is 23.9 Å². The first-order chi connectivity index (χ1) is 11.3. The number of nitrogens with two attached hydrogens (primary N) is 1. The molecule has 0 saturated heterocycles. The summed E-state index contributed by atoms with van der Waals surface area (Å²) < 4.78 is 43.6. The molecule has 3 aromatic rings. The number of pyridine rings is 1. The van der Waals surface area contributed by atoms with Crippen molar-refractivity contribution < 1.29 is 17.8 Å². The van der Waals surface area contributed by atoms with E-state index in [4.69, 9.17) is 12.2 Å². The Morgan fingerprint density at radius 3 is 2.71 bits per heavy atom. The van der Waals surface area contributed by atoms with E-state index in [9.17, 15) is 13.2 Å². The van der Waals surface area contributed by atoms with E-state index in [0.717, 1.165) is 6.20 Å². The fourth-order valence-electron chi connectivity index (χ4n) is 2.20. The lowest BCUT2D eigenvalue weighted by Crippen LogP contribution is -2.14. The summed E-state index contributed by atoms with van der Waals surface area (Å²) >= 11 is 0. The van der Waals surface area contributed by atoms with Crippen molar-refractivity contribution >= 4 is 16.9 Å². The summed E-state index contributed by atoms with van der Waals surface area (Å²) in [6.45, 7) is 1.64. The average Bonchev–Trinajstić information content (AvgIpc) is 2.98. The van der Waals surface area contributed by atoms with Gasteiger partial charge < -0.3 is 5.73 Å². The summed E-state index contributed by atoms with van der Waals surface area (Å²) in [7, 11) is 0. The maximum Gasteiger partial charge on any atom is 0.434 e. The number of anilines is 1. The molecule has 10 heteroatoms. The second-order valence-electron chi connectivity index (χ2n) is 4.89. The van der Waals surface area contributed by atoms with Crippen molar-refractivity contribution in [3.63, 3.8) is 0 Å². The fourth-order valence-corrected chi connectivity index (χ4v) is 2.20. The molecule has 3 heterocycles. The van der Waals surface area contributed by atoms with Crippen molar-refractivity contribution in [3.05, 3.63) is 34.5 Å². The lowest BCUT2D eigenvalue weighted by molar-refractivity contribution is -0.141. The molecule has 0 saturated carbocycles. The van der Waals surface area contributed by atoms with E-state index in [-0.39, 0.29) is 29.1 Å². The van der Waals surface area contributed by atoms with Crippen LogP contribution in [0.4, 0.5) is 18.9 Å². The van der Waals surface area contributed by atoms with Gasteiger partial charge in [-0.3, -0.25) is 0 Å². The number of fused-ring (bicyclic) bond motifs is 1. The Balaban J connectivity index is 2.08. The lowest BCUT2D eigenvalue weighted by atomic mass is 10.1. The first-order valence-corrected chi connectivity index (χ1v) is 6.58. The van der Waals surface area contributed by atoms with Gasteiger partial charge in [0.2, 0.25) is 5.65 Å². The monoisotopic (exact) mass is 334 g/mol. The fraction of sp³-hybridized carbons (Fsp3) is 0.214. The smallest absolute Gasteiger partial charge is 0.396 e. The first-order valence-electron chi connectivity index (χ1n) is 6.58. The van der Waals surface area contributed by atoms with Gasteiger partial charge in [0.1, 0.15) is 5.82 Å². The highest BCUT2D eigenvalue weighted by molar-refractivity contribution is 5.85. The second kappa shape index (κ2) is 5.45. The van der Waals surface area contributed by atoms with Crippen LogP contribution in [0.5, 0.6) is 0 Å². The molecule has 0 bridgehead atoms. The van der Waals surface area contributed by atoms with Crippen LogP contribution >= 0.6 is 0 Å². The SMILES string of the molecule is C#Cc1cnc(Cc2c(C)nc3nonc3c2N)nc1C(F)(F)F. The Labute approximate surface area is 133 Å². The number of nitrogen functional groups attached to an aromatic ring is 1. The van der Waals surface area contributed by atoms with Crippen LogP contribution in [0.2, 0.25) is 0 Å². The summed E-state index contributed by atoms with van der Waals surface area (Å²) in [5.74, 6) is 1.83. The van der Waals surface area contributed by atoms with Gasteiger partial charge in [0.15, 0.2) is 11.2 Å². The minimum atomic E-state index is -4.68. The predicted molar refractivity (Wildman–Crippen MR) is 76.5 cm³/mol. The molecular formula is C14H9F3N6O. The molecule has 2 N–H and O–H groups in total. The number of alkyl halides is 3. The molecule has 7 nitrogen and oxygen atoms in total. The van der Waals surface area contributed by atoms with E-state index in [1.165, 1.54) is 0 Å². The Kier molecular flexibility index (Phi) is 3.56. The third-order valence-corrected chi connectivity index (χ3v) is 3.36. The van der Waals surface area contributed by atoms with Crippen LogP contribution in [-0.2, 0) is 12.6 Å². The average molecular weight is 334 g/mol. The molecule has 0 atom stereocenters. The van der Waals surface area contributed by atoms with Crippen molar-refractivity contribution in [2.75, 3.05) is 5.73 Å². The zero-order valence-electron chi connectivity index (χ0n) is 12.2. The second-order valence-corrected chi connectivity index (χ2v) is 4.89. The predicted octanol–water partition coefficient (Wildman–Crippen LogP) is 1.89. The molecule has 0 amide bonds. The highest BCUT2D eigenvalue weighted by atomic mass is 19.4. The van der Waals surface area contributed by atoms with Gasteiger partial charge in [-0.05, 0) is 17.2 Å². The first kappa shape index (κ1) is 15.7. The van der Waals surface area contributed by atoms with Crippen LogP contribution in [0, 0.1) is 19.3 Å². The minimum absolute atomic E-state index is 0.0681. The molecule has 0 aromatic carbocycles. The quantitative estimate of drug-likeness (QED) is 0.714. The molecule has 24 heavy (non-hydrogen) atoms. The third-order valence-electron chi connectivity index (χ3n) is 3.36. The number of nitrogens with zero attached hydrogens (tertiary/aromatic N) is 5. The summed E-state index contributed by atoms with van der Waals surface area (Å²) in [5.41, 5.74) is 5.95. The zero-order valence-corrected chi connectivity index (χ0v) is 12.2. The number of hydrogen-bond donors (Lipinski definition) is 1. The van der Waals surface area contributed by atoms with Crippen LogP contribution in [0.25, 0.3) is 11.2 Å². The van der Waals surface area contributed by atoms with E-state index in [1.807, 2.05) is 5.92 Å². The molecule has 3 rings (SSSR count). The van der Waals surface area contributed by atoms with Crippen LogP contribution in [0.15, 0.2) is 10.8 Å². The van der Waals surface area contributed by atoms with E-state index >= 15 is 0 Å². The highest BCUT2D eigenvalue weighted by Crippen LogP contribution is 2.31. The van der Waals surface area contributed by atoms with Gasteiger partial charge in [0.25, 0.3) is 0 Å². The van der Waals surface area contributed by atoms with Crippen LogP contribution in [0.3, 0.4) is 0 Å². The number of aryl methyl sites for hydroxylation is 1. The van der Waals surface area contributed by atoms with Crippen molar-refractivity contribution in [1.82, 2.24) is 25.3 Å². The normalized spacial score (nSPS) is 11.6. The van der Waals surface area contributed by atoms with Crippen molar-refractivity contribution in [2.24, 2.45) is 0 Å². The molecule has 0 radical (unpaired) electrons. The summed E-state index contributed by atoms with van der Waals surface area (Å²) in [6.07, 6.45) is 1.27. The Hall–Kier alpha value is -3.22. The van der Waals surface area contributed by atoms with Crippen molar-refractivity contribution in [3.8, 4) is 12.3 Å². The van der Waals surface area contributed by atoms with E-state index in [1.54, 1.807) is 6.92 Å². The van der Waals surface area contributed by atoms with E-state index < -0.39 is 17.4 Å². The van der Waals surface area contributed by atoms with Gasteiger partial charge in [-0.25, -0.2) is 19.6 Å². The molecule has 0 unspecified atom stereocenters. The highest BCUT2D eigenvalue weighted by Gasteiger charge is 2.36. The van der Waals surface area contributed by atoms with Gasteiger partial charge in [0.05, 0.1) is 11.3 Å². The van der Waals surface area contributed by atoms with Gasteiger partial charge >= 0.3 is 6.18 Å². The zero-order chi connectivity index (χ0) is 17.5. The number of halogens is 3. The minimum Gasteiger partial charge on any atom is -0.396 e. The Bertz CT molecular complexity index is 973. The maximum absolute atomic E-state index is 13.0. The molecule has 0 spiro atoms. The number of hydrogen-bond acceptors (Lipinski definition) is 7. The molecule has 0 fully saturated rings. The van der Waals surface area contributed by atoms with Crippen molar-refractivity contribution in [2.45, 2.75) is 19.5 Å². The Morgan fingerprint density at radius 2 is 2.04 bits per heavy atom. The molecule has 0 aliphatic carbocycles. The van der Waals surface area contributed by atoms with Crippen LogP contribution in [0.1, 0.15) is 28.3 Å². The molecule has 3 aromatic heterocycles. The largest absolute Gasteiger partial charge is 0.434 e. The van der Waals surface area contributed by atoms with Gasteiger partial charge in [-0.2, -0.15) is 13.2 Å². The molecular weight excluding hydrogens is 325 g/mol. The standard InChI is InChI=1S/C14H9F3N6O/c1-3-7-5-19-9(21-12(7)14(15,16)17)4-8-6(2)20-13-11(10(8)18)22-24-23-13/h1,5H,4,18H2,2H3. The van der Waals surface area contributed by atoms with E-state index in [2.05, 4.69) is 29.9 Å². The Morgan fingerprint density at radius 1 is 1.29 bits per heavy atom. The summed E-state index contributed by atoms with van der Waals surface area (Å²) in [5, 5.41) is 7.20.